The molecule has 20 heavy (non-hydrogen) atoms. The molecule has 0 saturated heterocycles. The van der Waals surface area contributed by atoms with Crippen molar-refractivity contribution in [2.45, 2.75) is 46.1 Å². The van der Waals surface area contributed by atoms with Gasteiger partial charge < -0.3 is 11.1 Å². The second-order valence-corrected chi connectivity index (χ2v) is 7.41. The number of nitriles is 1. The smallest absolute Gasteiger partial charge is 0.0992 e. The average molecular weight is 269 g/mol. The van der Waals surface area contributed by atoms with Gasteiger partial charge in [-0.1, -0.05) is 20.8 Å². The molecule has 2 fully saturated rings. The highest BCUT2D eigenvalue weighted by molar-refractivity contribution is 5.69. The lowest BCUT2D eigenvalue weighted by molar-refractivity contribution is 0.155. The molecule has 2 bridgehead atoms. The summed E-state index contributed by atoms with van der Waals surface area (Å²) in [6.45, 7) is 7.12. The maximum absolute atomic E-state index is 9.05. The van der Waals surface area contributed by atoms with Gasteiger partial charge in [-0.25, -0.2) is 0 Å². The molecule has 1 aromatic carbocycles. The van der Waals surface area contributed by atoms with Gasteiger partial charge in [0.25, 0.3) is 0 Å². The fraction of sp³-hybridized carbons (Fsp3) is 0.588. The zero-order valence-electron chi connectivity index (χ0n) is 12.5. The van der Waals surface area contributed by atoms with Crippen LogP contribution < -0.4 is 11.1 Å². The van der Waals surface area contributed by atoms with E-state index in [2.05, 4.69) is 32.2 Å². The van der Waals surface area contributed by atoms with Crippen molar-refractivity contribution in [2.75, 3.05) is 11.1 Å². The predicted molar refractivity (Wildman–Crippen MR) is 82.2 cm³/mol. The SMILES string of the molecule is CC12CCC(C1)C(C)(C)C2Nc1cc(C#N)ccc1N. The molecule has 3 heteroatoms. The van der Waals surface area contributed by atoms with Gasteiger partial charge in [-0.2, -0.15) is 5.26 Å². The molecule has 106 valence electrons. The van der Waals surface area contributed by atoms with E-state index in [4.69, 9.17) is 11.0 Å². The molecular weight excluding hydrogens is 246 g/mol. The Bertz CT molecular complexity index is 580. The number of rotatable bonds is 2. The number of hydrogen-bond donors (Lipinski definition) is 2. The van der Waals surface area contributed by atoms with Crippen molar-refractivity contribution in [1.29, 1.82) is 5.26 Å². The number of nitrogens with two attached hydrogens (primary N) is 1. The molecule has 2 aliphatic rings. The molecule has 2 saturated carbocycles. The van der Waals surface area contributed by atoms with E-state index in [1.165, 1.54) is 19.3 Å². The van der Waals surface area contributed by atoms with E-state index >= 15 is 0 Å². The third-order valence-electron chi connectivity index (χ3n) is 5.75. The Labute approximate surface area is 121 Å². The van der Waals surface area contributed by atoms with Crippen LogP contribution in [0, 0.1) is 28.1 Å². The third-order valence-corrected chi connectivity index (χ3v) is 5.75. The lowest BCUT2D eigenvalue weighted by atomic mass is 9.68. The van der Waals surface area contributed by atoms with Crippen molar-refractivity contribution in [2.24, 2.45) is 16.7 Å². The van der Waals surface area contributed by atoms with Crippen molar-refractivity contribution in [3.63, 3.8) is 0 Å². The van der Waals surface area contributed by atoms with E-state index in [1.807, 2.05) is 12.1 Å². The van der Waals surface area contributed by atoms with Crippen LogP contribution >= 0.6 is 0 Å². The van der Waals surface area contributed by atoms with E-state index < -0.39 is 0 Å². The molecule has 2 aliphatic carbocycles. The number of nitrogen functional groups attached to an aromatic ring is 1. The van der Waals surface area contributed by atoms with Gasteiger partial charge in [0.15, 0.2) is 0 Å². The average Bonchev–Trinajstić information content (AvgIpc) is 2.88. The molecule has 0 aliphatic heterocycles. The van der Waals surface area contributed by atoms with Crippen LogP contribution in [0.4, 0.5) is 11.4 Å². The lowest BCUT2D eigenvalue weighted by Gasteiger charge is -2.43. The van der Waals surface area contributed by atoms with Crippen molar-refractivity contribution in [3.8, 4) is 6.07 Å². The molecule has 3 N–H and O–H groups in total. The Balaban J connectivity index is 1.94. The van der Waals surface area contributed by atoms with Crippen LogP contribution in [0.25, 0.3) is 0 Å². The van der Waals surface area contributed by atoms with Crippen LogP contribution in [0.3, 0.4) is 0 Å². The van der Waals surface area contributed by atoms with Crippen LogP contribution in [0.1, 0.15) is 45.6 Å². The van der Waals surface area contributed by atoms with Crippen molar-refractivity contribution < 1.29 is 0 Å². The van der Waals surface area contributed by atoms with E-state index in [-0.39, 0.29) is 5.41 Å². The van der Waals surface area contributed by atoms with Gasteiger partial charge in [0.05, 0.1) is 23.0 Å². The summed E-state index contributed by atoms with van der Waals surface area (Å²) in [6, 6.07) is 8.08. The van der Waals surface area contributed by atoms with Crippen molar-refractivity contribution in [3.05, 3.63) is 23.8 Å². The molecule has 0 aromatic heterocycles. The van der Waals surface area contributed by atoms with E-state index in [0.717, 1.165) is 17.3 Å². The first-order valence-electron chi connectivity index (χ1n) is 7.43. The van der Waals surface area contributed by atoms with Gasteiger partial charge in [-0.05, 0) is 54.2 Å². The number of fused-ring (bicyclic) bond motifs is 2. The molecule has 0 heterocycles. The summed E-state index contributed by atoms with van der Waals surface area (Å²) in [5, 5.41) is 12.7. The Hall–Kier alpha value is -1.69. The normalized spacial score (nSPS) is 33.9. The second-order valence-electron chi connectivity index (χ2n) is 7.41. The Kier molecular flexibility index (Phi) is 2.76. The van der Waals surface area contributed by atoms with Crippen molar-refractivity contribution >= 4 is 11.4 Å². The highest BCUT2D eigenvalue weighted by Gasteiger charge is 2.59. The first-order valence-corrected chi connectivity index (χ1v) is 7.43. The monoisotopic (exact) mass is 269 g/mol. The Morgan fingerprint density at radius 1 is 1.35 bits per heavy atom. The standard InChI is InChI=1S/C17H23N3/c1-16(2)12-6-7-17(3,9-12)15(16)20-14-8-11(10-18)4-5-13(14)19/h4-5,8,12,15,20H,6-7,9,19H2,1-3H3. The van der Waals surface area contributed by atoms with Crippen LogP contribution in [-0.4, -0.2) is 6.04 Å². The molecule has 3 unspecified atom stereocenters. The summed E-state index contributed by atoms with van der Waals surface area (Å²) < 4.78 is 0. The number of nitrogens with zero attached hydrogens (tertiary/aromatic N) is 1. The first kappa shape index (κ1) is 13.3. The summed E-state index contributed by atoms with van der Waals surface area (Å²) in [4.78, 5) is 0. The third kappa shape index (κ3) is 1.78. The lowest BCUT2D eigenvalue weighted by Crippen LogP contribution is -2.45. The van der Waals surface area contributed by atoms with Crippen LogP contribution in [0.2, 0.25) is 0 Å². The fourth-order valence-electron chi connectivity index (χ4n) is 4.57. The second kappa shape index (κ2) is 4.15. The first-order chi connectivity index (χ1) is 9.37. The van der Waals surface area contributed by atoms with Gasteiger partial charge in [0.1, 0.15) is 0 Å². The molecule has 0 radical (unpaired) electrons. The van der Waals surface area contributed by atoms with E-state index in [9.17, 15) is 0 Å². The minimum atomic E-state index is 0.280. The van der Waals surface area contributed by atoms with Crippen molar-refractivity contribution in [1.82, 2.24) is 0 Å². The molecule has 3 nitrogen and oxygen atoms in total. The van der Waals surface area contributed by atoms with Crippen LogP contribution in [0.5, 0.6) is 0 Å². The van der Waals surface area contributed by atoms with Gasteiger partial charge in [-0.3, -0.25) is 0 Å². The zero-order chi connectivity index (χ0) is 14.5. The molecule has 1 aromatic rings. The topological polar surface area (TPSA) is 61.8 Å². The Morgan fingerprint density at radius 2 is 2.10 bits per heavy atom. The van der Waals surface area contributed by atoms with Gasteiger partial charge in [-0.15, -0.1) is 0 Å². The maximum Gasteiger partial charge on any atom is 0.0992 e. The van der Waals surface area contributed by atoms with Crippen LogP contribution in [0.15, 0.2) is 18.2 Å². The molecule has 0 amide bonds. The maximum atomic E-state index is 9.05. The minimum absolute atomic E-state index is 0.280. The summed E-state index contributed by atoms with van der Waals surface area (Å²) in [7, 11) is 0. The molecular formula is C17H23N3. The minimum Gasteiger partial charge on any atom is -0.397 e. The highest BCUT2D eigenvalue weighted by Crippen LogP contribution is 2.63. The number of anilines is 2. The quantitative estimate of drug-likeness (QED) is 0.803. The number of nitrogens with one attached hydrogen (secondary N) is 1. The van der Waals surface area contributed by atoms with Gasteiger partial charge in [0.2, 0.25) is 0 Å². The highest BCUT2D eigenvalue weighted by atomic mass is 15.0. The summed E-state index contributed by atoms with van der Waals surface area (Å²) in [5.41, 5.74) is 9.01. The van der Waals surface area contributed by atoms with E-state index in [1.54, 1.807) is 6.07 Å². The largest absolute Gasteiger partial charge is 0.397 e. The molecule has 3 atom stereocenters. The molecule has 0 spiro atoms. The number of hydrogen-bond acceptors (Lipinski definition) is 3. The van der Waals surface area contributed by atoms with Crippen LogP contribution in [-0.2, 0) is 0 Å². The van der Waals surface area contributed by atoms with E-state index in [0.29, 0.717) is 17.0 Å². The summed E-state index contributed by atoms with van der Waals surface area (Å²) >= 11 is 0. The predicted octanol–water partition coefficient (Wildman–Crippen LogP) is 3.77. The molecule has 3 rings (SSSR count). The fourth-order valence-corrected chi connectivity index (χ4v) is 4.57. The summed E-state index contributed by atoms with van der Waals surface area (Å²) in [5.74, 6) is 0.797. The zero-order valence-corrected chi connectivity index (χ0v) is 12.5. The Morgan fingerprint density at radius 3 is 2.70 bits per heavy atom. The van der Waals surface area contributed by atoms with Gasteiger partial charge in [0, 0.05) is 6.04 Å². The number of benzene rings is 1. The van der Waals surface area contributed by atoms with Gasteiger partial charge >= 0.3 is 0 Å². The summed E-state index contributed by atoms with van der Waals surface area (Å²) in [6.07, 6.45) is 3.93.